The van der Waals surface area contributed by atoms with Crippen LogP contribution in [0.5, 0.6) is 0 Å². The molecule has 26 heavy (non-hydrogen) atoms. The topological polar surface area (TPSA) is 192 Å². The van der Waals surface area contributed by atoms with Gasteiger partial charge in [0.25, 0.3) is 17.9 Å². The third-order valence-corrected chi connectivity index (χ3v) is 5.12. The molecule has 0 fully saturated rings. The van der Waals surface area contributed by atoms with Gasteiger partial charge in [-0.2, -0.15) is 0 Å². The van der Waals surface area contributed by atoms with Crippen LogP contribution in [0.4, 0.5) is 0 Å². The summed E-state index contributed by atoms with van der Waals surface area (Å²) in [6.07, 6.45) is 0. The Labute approximate surface area is 157 Å². The van der Waals surface area contributed by atoms with Crippen molar-refractivity contribution in [2.45, 2.75) is 44.7 Å². The maximum absolute atomic E-state index is 9.00. The third-order valence-electron chi connectivity index (χ3n) is 3.07. The van der Waals surface area contributed by atoms with Crippen LogP contribution in [0.2, 0.25) is 0 Å². The molecule has 158 valence electrons. The molecule has 0 radical (unpaired) electrons. The Morgan fingerprint density at radius 1 is 0.923 bits per heavy atom. The second-order valence-electron chi connectivity index (χ2n) is 5.06. The Balaban J connectivity index is -0.000000164. The van der Waals surface area contributed by atoms with Gasteiger partial charge in [0.1, 0.15) is 5.22 Å². The lowest BCUT2D eigenvalue weighted by Crippen LogP contribution is -2.67. The van der Waals surface area contributed by atoms with Gasteiger partial charge in [-0.25, -0.2) is 0 Å². The molecule has 0 aromatic rings. The van der Waals surface area contributed by atoms with E-state index in [2.05, 4.69) is 0 Å². The van der Waals surface area contributed by atoms with E-state index in [1.807, 2.05) is 0 Å². The van der Waals surface area contributed by atoms with Gasteiger partial charge in [-0.3, -0.25) is 14.4 Å². The largest absolute Gasteiger partial charge is 0.481 e. The number of carbonyl (C=O) groups is 3. The molecule has 7 N–H and O–H groups in total. The van der Waals surface area contributed by atoms with E-state index in [4.69, 9.17) is 55.4 Å². The summed E-state index contributed by atoms with van der Waals surface area (Å²) in [5, 5.41) is 21.6. The molecule has 0 aromatic heterocycles. The van der Waals surface area contributed by atoms with E-state index in [-0.39, 0.29) is 6.04 Å². The van der Waals surface area contributed by atoms with Gasteiger partial charge in [0.2, 0.25) is 0 Å². The molecule has 0 heterocycles. The van der Waals surface area contributed by atoms with Gasteiger partial charge in [0, 0.05) is 54.7 Å². The number of carboxylic acid groups (broad SMARTS) is 3. The predicted molar refractivity (Wildman–Crippen MR) is 99.1 cm³/mol. The van der Waals surface area contributed by atoms with Crippen molar-refractivity contribution in [1.29, 1.82) is 0 Å². The summed E-state index contributed by atoms with van der Waals surface area (Å²) in [6.45, 7) is 5.39. The Morgan fingerprint density at radius 2 is 1.15 bits per heavy atom. The van der Waals surface area contributed by atoms with Crippen molar-refractivity contribution in [2.75, 3.05) is 27.9 Å². The second kappa shape index (κ2) is 16.9. The number of hydrogen-bond acceptors (Lipinski definition) is 8. The number of ether oxygens (including phenoxy) is 3. The Morgan fingerprint density at radius 3 is 1.27 bits per heavy atom. The molecule has 0 aromatic carbocycles. The SMILES string of the molecule is CC(=O)O.CC(=O)O.CC(=O)O.COC(C)(OC)C([SiH3])(OC)C(N)CN. The second-order valence-corrected chi connectivity index (χ2v) is 6.55. The van der Waals surface area contributed by atoms with Crippen LogP contribution in [0.1, 0.15) is 27.7 Å². The first-order valence-corrected chi connectivity index (χ1v) is 8.31. The fraction of sp³-hybridized carbons (Fsp3) is 0.786. The molecule has 0 aliphatic carbocycles. The molecule has 2 atom stereocenters. The number of nitrogens with two attached hydrogens (primary N) is 2. The third kappa shape index (κ3) is 17.3. The van der Waals surface area contributed by atoms with E-state index < -0.39 is 28.9 Å². The van der Waals surface area contributed by atoms with E-state index in [0.29, 0.717) is 16.8 Å². The average Bonchev–Trinajstić information content (AvgIpc) is 2.50. The molecule has 0 spiro atoms. The molecule has 0 aliphatic rings. The first-order chi connectivity index (χ1) is 11.6. The Bertz CT molecular complexity index is 365. The molecule has 12 heteroatoms. The molecule has 2 unspecified atom stereocenters. The van der Waals surface area contributed by atoms with Crippen LogP contribution in [0.25, 0.3) is 0 Å². The highest BCUT2D eigenvalue weighted by atomic mass is 28.1. The number of carboxylic acids is 3. The zero-order valence-electron chi connectivity index (χ0n) is 16.7. The van der Waals surface area contributed by atoms with Crippen molar-refractivity contribution in [3.05, 3.63) is 0 Å². The van der Waals surface area contributed by atoms with E-state index >= 15 is 0 Å². The summed E-state index contributed by atoms with van der Waals surface area (Å²) >= 11 is 0. The maximum Gasteiger partial charge on any atom is 0.300 e. The van der Waals surface area contributed by atoms with Crippen molar-refractivity contribution in [1.82, 2.24) is 0 Å². The van der Waals surface area contributed by atoms with Crippen molar-refractivity contribution in [2.24, 2.45) is 11.5 Å². The standard InChI is InChI=1S/C8H22N2O3Si.3C2H4O2/c1-7(11-2,12-3)8(14,13-4)6(10)5-9;3*1-2(3)4/h6H,5,9-10H2,1-4,14H3;3*1H3,(H,3,4). The fourth-order valence-electron chi connectivity index (χ4n) is 1.39. The van der Waals surface area contributed by atoms with Crippen LogP contribution in [0.15, 0.2) is 0 Å². The molecule has 11 nitrogen and oxygen atoms in total. The summed E-state index contributed by atoms with van der Waals surface area (Å²) in [4.78, 5) is 27.0. The smallest absolute Gasteiger partial charge is 0.300 e. The van der Waals surface area contributed by atoms with E-state index in [0.717, 1.165) is 20.8 Å². The number of rotatable bonds is 6. The predicted octanol–water partition coefficient (Wildman–Crippen LogP) is -1.74. The highest BCUT2D eigenvalue weighted by molar-refractivity contribution is 6.16. The minimum atomic E-state index is -0.854. The number of aliphatic carboxylic acids is 3. The average molecular weight is 403 g/mol. The van der Waals surface area contributed by atoms with Crippen molar-refractivity contribution < 1.29 is 43.9 Å². The highest BCUT2D eigenvalue weighted by Gasteiger charge is 2.49. The lowest BCUT2D eigenvalue weighted by molar-refractivity contribution is -0.274. The van der Waals surface area contributed by atoms with Crippen molar-refractivity contribution in [3.8, 4) is 0 Å². The monoisotopic (exact) mass is 402 g/mol. The molecular formula is C14H34N2O9Si. The van der Waals surface area contributed by atoms with E-state index in [1.165, 1.54) is 0 Å². The van der Waals surface area contributed by atoms with Crippen LogP contribution >= 0.6 is 0 Å². The molecule has 0 amide bonds. The molecule has 0 aliphatic heterocycles. The maximum atomic E-state index is 9.00. The van der Waals surface area contributed by atoms with Gasteiger partial charge in [-0.05, 0) is 6.92 Å². The quantitative estimate of drug-likeness (QED) is 0.250. The molecule has 0 bridgehead atoms. The van der Waals surface area contributed by atoms with Gasteiger partial charge in [-0.1, -0.05) is 0 Å². The Kier molecular flexibility index (Phi) is 20.8. The van der Waals surface area contributed by atoms with Crippen LogP contribution in [0.3, 0.4) is 0 Å². The first kappa shape index (κ1) is 32.1. The number of hydrogen-bond donors (Lipinski definition) is 5. The van der Waals surface area contributed by atoms with Gasteiger partial charge in [0.15, 0.2) is 5.79 Å². The van der Waals surface area contributed by atoms with E-state index in [9.17, 15) is 0 Å². The van der Waals surface area contributed by atoms with E-state index in [1.54, 1.807) is 28.3 Å². The van der Waals surface area contributed by atoms with Gasteiger partial charge >= 0.3 is 0 Å². The molecule has 0 saturated carbocycles. The molecule has 0 rings (SSSR count). The summed E-state index contributed by atoms with van der Waals surface area (Å²) in [5.41, 5.74) is 11.5. The van der Waals surface area contributed by atoms with Crippen LogP contribution in [-0.4, -0.2) is 88.4 Å². The number of methoxy groups -OCH3 is 3. The fourth-order valence-corrected chi connectivity index (χ4v) is 2.03. The lowest BCUT2D eigenvalue weighted by Gasteiger charge is -2.46. The van der Waals surface area contributed by atoms with Crippen molar-refractivity contribution >= 4 is 28.2 Å². The first-order valence-electron chi connectivity index (χ1n) is 7.31. The highest BCUT2D eigenvalue weighted by Crippen LogP contribution is 2.29. The summed E-state index contributed by atoms with van der Waals surface area (Å²) in [6, 6.07) is -0.302. The zero-order chi connectivity index (χ0) is 22.1. The zero-order valence-corrected chi connectivity index (χ0v) is 18.7. The van der Waals surface area contributed by atoms with Crippen LogP contribution < -0.4 is 11.5 Å². The summed E-state index contributed by atoms with van der Waals surface area (Å²) in [5.74, 6) is -3.35. The molecule has 0 saturated heterocycles. The Hall–Kier alpha value is -1.57. The summed E-state index contributed by atoms with van der Waals surface area (Å²) < 4.78 is 16.1. The van der Waals surface area contributed by atoms with Gasteiger partial charge < -0.3 is 41.0 Å². The lowest BCUT2D eigenvalue weighted by atomic mass is 10.0. The van der Waals surface area contributed by atoms with Crippen LogP contribution in [0, 0.1) is 0 Å². The minimum absolute atomic E-state index is 0.302. The normalized spacial score (nSPS) is 13.3. The summed E-state index contributed by atoms with van der Waals surface area (Å²) in [7, 11) is 5.39. The van der Waals surface area contributed by atoms with Crippen molar-refractivity contribution in [3.63, 3.8) is 0 Å². The minimum Gasteiger partial charge on any atom is -0.481 e. The van der Waals surface area contributed by atoms with Gasteiger partial charge in [0.05, 0.1) is 10.2 Å². The van der Waals surface area contributed by atoms with Crippen LogP contribution in [-0.2, 0) is 28.6 Å². The molecular weight excluding hydrogens is 368 g/mol. The van der Waals surface area contributed by atoms with Gasteiger partial charge in [-0.15, -0.1) is 0 Å².